The molecule has 0 aliphatic rings. The van der Waals surface area contributed by atoms with Gasteiger partial charge in [0.2, 0.25) is 0 Å². The van der Waals surface area contributed by atoms with Crippen LogP contribution in [-0.4, -0.2) is 29.0 Å². The summed E-state index contributed by atoms with van der Waals surface area (Å²) < 4.78 is 0.970. The minimum absolute atomic E-state index is 0.111. The Morgan fingerprint density at radius 1 is 1.38 bits per heavy atom. The summed E-state index contributed by atoms with van der Waals surface area (Å²) in [5.74, 6) is 0. The largest absolute Gasteiger partial charge is 0.399 e. The Bertz CT molecular complexity index is 346. The molecule has 0 aliphatic carbocycles. The van der Waals surface area contributed by atoms with Gasteiger partial charge in [-0.25, -0.2) is 0 Å². The molecule has 5 N–H and O–H groups in total. The third-order valence-electron chi connectivity index (χ3n) is 2.68. The fourth-order valence-electron chi connectivity index (χ4n) is 1.36. The fraction of sp³-hybridized carbons (Fsp3) is 0.455. The second-order valence-electron chi connectivity index (χ2n) is 3.81. The molecule has 0 fully saturated rings. The smallest absolute Gasteiger partial charge is 0.0832 e. The van der Waals surface area contributed by atoms with Crippen molar-refractivity contribution in [3.8, 4) is 0 Å². The van der Waals surface area contributed by atoms with E-state index in [1.54, 1.807) is 6.07 Å². The van der Waals surface area contributed by atoms with E-state index in [9.17, 15) is 10.2 Å². The van der Waals surface area contributed by atoms with Gasteiger partial charge in [0.25, 0.3) is 0 Å². The van der Waals surface area contributed by atoms with Gasteiger partial charge in [-0.15, -0.1) is 0 Å². The number of rotatable bonds is 5. The number of hydrogen-bond donors (Lipinski definition) is 4. The number of benzene rings is 1. The molecular formula is C11H17IN2O2. The van der Waals surface area contributed by atoms with Gasteiger partial charge in [0.15, 0.2) is 0 Å². The van der Waals surface area contributed by atoms with Crippen LogP contribution < -0.4 is 11.1 Å². The van der Waals surface area contributed by atoms with Crippen LogP contribution in [0.25, 0.3) is 0 Å². The van der Waals surface area contributed by atoms with Crippen LogP contribution in [0.1, 0.15) is 13.3 Å². The van der Waals surface area contributed by atoms with E-state index in [4.69, 9.17) is 5.73 Å². The quantitative estimate of drug-likeness (QED) is 0.484. The molecule has 0 unspecified atom stereocenters. The molecule has 1 rings (SSSR count). The highest BCUT2D eigenvalue weighted by molar-refractivity contribution is 14.1. The number of nitrogen functional groups attached to an aromatic ring is 1. The molecule has 0 saturated carbocycles. The second kappa shape index (κ2) is 5.70. The summed E-state index contributed by atoms with van der Waals surface area (Å²) in [6, 6.07) is 5.49. The van der Waals surface area contributed by atoms with E-state index in [0.29, 0.717) is 12.1 Å². The van der Waals surface area contributed by atoms with Crippen molar-refractivity contribution in [2.75, 3.05) is 24.3 Å². The minimum atomic E-state index is -0.671. The molecule has 90 valence electrons. The van der Waals surface area contributed by atoms with Gasteiger partial charge in [-0.3, -0.25) is 0 Å². The number of nitrogens with two attached hydrogens (primary N) is 1. The lowest BCUT2D eigenvalue weighted by Gasteiger charge is -2.31. The average Bonchev–Trinajstić information content (AvgIpc) is 2.29. The van der Waals surface area contributed by atoms with Crippen LogP contribution in [0.5, 0.6) is 0 Å². The normalized spacial score (nSPS) is 11.5. The lowest BCUT2D eigenvalue weighted by atomic mass is 9.98. The van der Waals surface area contributed by atoms with Crippen molar-refractivity contribution >= 4 is 34.0 Å². The Hall–Kier alpha value is -0.530. The van der Waals surface area contributed by atoms with Crippen molar-refractivity contribution in [1.82, 2.24) is 0 Å². The molecule has 0 saturated heterocycles. The van der Waals surface area contributed by atoms with Crippen LogP contribution in [0.3, 0.4) is 0 Å². The first-order valence-corrected chi connectivity index (χ1v) is 6.19. The van der Waals surface area contributed by atoms with E-state index in [1.807, 2.05) is 19.1 Å². The van der Waals surface area contributed by atoms with Gasteiger partial charge in [0.05, 0.1) is 18.8 Å². The Balaban J connectivity index is 2.93. The van der Waals surface area contributed by atoms with Crippen LogP contribution in [0.15, 0.2) is 18.2 Å². The monoisotopic (exact) mass is 336 g/mol. The number of nitrogens with one attached hydrogen (secondary N) is 1. The molecule has 5 heteroatoms. The van der Waals surface area contributed by atoms with Gasteiger partial charge < -0.3 is 21.3 Å². The lowest BCUT2D eigenvalue weighted by molar-refractivity contribution is 0.132. The summed E-state index contributed by atoms with van der Waals surface area (Å²) in [6.45, 7) is 1.70. The molecule has 4 nitrogen and oxygen atoms in total. The second-order valence-corrected chi connectivity index (χ2v) is 4.98. The molecule has 0 aromatic heterocycles. The molecular weight excluding hydrogens is 319 g/mol. The van der Waals surface area contributed by atoms with Gasteiger partial charge in [-0.2, -0.15) is 0 Å². The average molecular weight is 336 g/mol. The number of aliphatic hydroxyl groups is 2. The molecule has 0 heterocycles. The van der Waals surface area contributed by atoms with Crippen LogP contribution in [-0.2, 0) is 0 Å². The minimum Gasteiger partial charge on any atom is -0.399 e. The predicted octanol–water partition coefficient (Wildman–Crippen LogP) is 1.42. The summed E-state index contributed by atoms with van der Waals surface area (Å²) in [5, 5.41) is 21.8. The molecule has 0 aliphatic heterocycles. The maximum absolute atomic E-state index is 9.33. The van der Waals surface area contributed by atoms with Crippen molar-refractivity contribution < 1.29 is 10.2 Å². The Morgan fingerprint density at radius 3 is 2.44 bits per heavy atom. The van der Waals surface area contributed by atoms with E-state index in [1.165, 1.54) is 0 Å². The third-order valence-corrected chi connectivity index (χ3v) is 3.57. The van der Waals surface area contributed by atoms with Gasteiger partial charge >= 0.3 is 0 Å². The molecule has 0 radical (unpaired) electrons. The fourth-order valence-corrected chi connectivity index (χ4v) is 2.03. The first kappa shape index (κ1) is 13.5. The van der Waals surface area contributed by atoms with Crippen molar-refractivity contribution in [3.63, 3.8) is 0 Å². The highest BCUT2D eigenvalue weighted by Crippen LogP contribution is 2.25. The SMILES string of the molecule is CCC(CO)(CO)Nc1ccc(N)cc1I. The maximum atomic E-state index is 9.33. The molecule has 0 bridgehead atoms. The first-order chi connectivity index (χ1) is 7.56. The van der Waals surface area contributed by atoms with E-state index >= 15 is 0 Å². The zero-order valence-electron chi connectivity index (χ0n) is 9.20. The van der Waals surface area contributed by atoms with Crippen molar-refractivity contribution in [1.29, 1.82) is 0 Å². The third kappa shape index (κ3) is 2.99. The van der Waals surface area contributed by atoms with Gasteiger partial charge in [-0.05, 0) is 47.2 Å². The zero-order valence-corrected chi connectivity index (χ0v) is 11.4. The highest BCUT2D eigenvalue weighted by Gasteiger charge is 2.26. The summed E-state index contributed by atoms with van der Waals surface area (Å²) in [7, 11) is 0. The standard InChI is InChI=1S/C11H17IN2O2/c1-2-11(6-15,7-16)14-10-4-3-8(13)5-9(10)12/h3-5,14-16H,2,6-7,13H2,1H3. The number of aliphatic hydroxyl groups excluding tert-OH is 2. The molecule has 16 heavy (non-hydrogen) atoms. The topological polar surface area (TPSA) is 78.5 Å². The predicted molar refractivity (Wildman–Crippen MR) is 74.4 cm³/mol. The Labute approximate surface area is 109 Å². The Kier molecular flexibility index (Phi) is 4.82. The van der Waals surface area contributed by atoms with Gasteiger partial charge in [-0.1, -0.05) is 6.92 Å². The van der Waals surface area contributed by atoms with Crippen molar-refractivity contribution in [2.24, 2.45) is 0 Å². The van der Waals surface area contributed by atoms with E-state index in [-0.39, 0.29) is 13.2 Å². The molecule has 0 atom stereocenters. The van der Waals surface area contributed by atoms with E-state index < -0.39 is 5.54 Å². The summed E-state index contributed by atoms with van der Waals surface area (Å²) in [6.07, 6.45) is 0.639. The number of hydrogen-bond acceptors (Lipinski definition) is 4. The van der Waals surface area contributed by atoms with Gasteiger partial charge in [0.1, 0.15) is 0 Å². The van der Waals surface area contributed by atoms with Crippen LogP contribution in [0.2, 0.25) is 0 Å². The van der Waals surface area contributed by atoms with E-state index in [0.717, 1.165) is 9.26 Å². The molecule has 1 aromatic carbocycles. The summed E-state index contributed by atoms with van der Waals surface area (Å²) in [4.78, 5) is 0. The van der Waals surface area contributed by atoms with Crippen LogP contribution in [0, 0.1) is 3.57 Å². The summed E-state index contributed by atoms with van der Waals surface area (Å²) >= 11 is 2.17. The molecule has 0 amide bonds. The Morgan fingerprint density at radius 2 is 2.00 bits per heavy atom. The highest BCUT2D eigenvalue weighted by atomic mass is 127. The zero-order chi connectivity index (χ0) is 12.2. The van der Waals surface area contributed by atoms with Crippen LogP contribution in [0.4, 0.5) is 11.4 Å². The maximum Gasteiger partial charge on any atom is 0.0832 e. The van der Waals surface area contributed by atoms with Crippen molar-refractivity contribution in [3.05, 3.63) is 21.8 Å². The lowest BCUT2D eigenvalue weighted by Crippen LogP contribution is -2.45. The van der Waals surface area contributed by atoms with Crippen molar-refractivity contribution in [2.45, 2.75) is 18.9 Å². The number of halogens is 1. The molecule has 1 aromatic rings. The van der Waals surface area contributed by atoms with E-state index in [2.05, 4.69) is 27.9 Å². The molecule has 0 spiro atoms. The number of anilines is 2. The summed E-state index contributed by atoms with van der Waals surface area (Å²) in [5.41, 5.74) is 6.56. The van der Waals surface area contributed by atoms with Gasteiger partial charge in [0, 0.05) is 14.9 Å². The first-order valence-electron chi connectivity index (χ1n) is 5.12. The van der Waals surface area contributed by atoms with Crippen LogP contribution >= 0.6 is 22.6 Å².